The van der Waals surface area contributed by atoms with Gasteiger partial charge in [-0.25, -0.2) is 13.4 Å². The van der Waals surface area contributed by atoms with E-state index in [1.165, 1.54) is 16.8 Å². The second kappa shape index (κ2) is 6.25. The van der Waals surface area contributed by atoms with Crippen molar-refractivity contribution < 1.29 is 8.42 Å². The molecule has 0 amide bonds. The summed E-state index contributed by atoms with van der Waals surface area (Å²) >= 11 is 1.44. The summed E-state index contributed by atoms with van der Waals surface area (Å²) < 4.78 is 23.0. The molecule has 96 valence electrons. The first-order valence-electron chi connectivity index (χ1n) is 5.05. The molecule has 0 aliphatic carbocycles. The van der Waals surface area contributed by atoms with Crippen LogP contribution in [-0.4, -0.2) is 39.0 Å². The van der Waals surface area contributed by atoms with Gasteiger partial charge in [0.2, 0.25) is 10.0 Å². The molecule has 0 fully saturated rings. The van der Waals surface area contributed by atoms with E-state index in [2.05, 4.69) is 4.83 Å². The number of nitrogen functional groups attached to an aromatic ring is 1. The molecular weight excluding hydrogens is 258 g/mol. The van der Waals surface area contributed by atoms with Crippen molar-refractivity contribution in [1.82, 2.24) is 9.84 Å². The van der Waals surface area contributed by atoms with Crippen LogP contribution in [0.1, 0.15) is 0 Å². The van der Waals surface area contributed by atoms with Gasteiger partial charge in [0.15, 0.2) is 0 Å². The zero-order valence-electron chi connectivity index (χ0n) is 9.88. The molecular formula is C10H17N3O2S2. The monoisotopic (exact) mass is 275 g/mol. The lowest BCUT2D eigenvalue weighted by atomic mass is 10.3. The average molecular weight is 275 g/mol. The van der Waals surface area contributed by atoms with Crippen LogP contribution in [0.15, 0.2) is 29.2 Å². The molecule has 0 unspecified atom stereocenters. The predicted molar refractivity (Wildman–Crippen MR) is 72.2 cm³/mol. The summed E-state index contributed by atoms with van der Waals surface area (Å²) in [4.78, 5) is 3.29. The molecule has 1 rings (SSSR count). The molecule has 1 aromatic carbocycles. The van der Waals surface area contributed by atoms with Gasteiger partial charge in [-0.2, -0.15) is 0 Å². The maximum absolute atomic E-state index is 11.5. The molecule has 3 N–H and O–H groups in total. The minimum absolute atomic E-state index is 0.0597. The summed E-state index contributed by atoms with van der Waals surface area (Å²) in [6.07, 6.45) is 0. The van der Waals surface area contributed by atoms with Gasteiger partial charge in [-0.05, 0) is 12.1 Å². The molecule has 1 aromatic rings. The lowest BCUT2D eigenvalue weighted by molar-refractivity contribution is 0.364. The van der Waals surface area contributed by atoms with Crippen LogP contribution in [-0.2, 0) is 10.0 Å². The molecule has 0 aromatic heterocycles. The molecule has 17 heavy (non-hydrogen) atoms. The van der Waals surface area contributed by atoms with Crippen molar-refractivity contribution in [2.45, 2.75) is 4.90 Å². The fourth-order valence-corrected chi connectivity index (χ4v) is 3.69. The van der Waals surface area contributed by atoms with Crippen molar-refractivity contribution in [2.75, 3.05) is 31.3 Å². The Balaban J connectivity index is 2.46. The number of benzene rings is 1. The minimum atomic E-state index is -3.25. The Morgan fingerprint density at radius 1 is 1.35 bits per heavy atom. The number of hydrazine groups is 1. The van der Waals surface area contributed by atoms with Crippen LogP contribution in [0.5, 0.6) is 0 Å². The number of nitrogens with zero attached hydrogens (tertiary/aromatic N) is 1. The quantitative estimate of drug-likeness (QED) is 0.455. The number of hydrogen-bond acceptors (Lipinski definition) is 5. The lowest BCUT2D eigenvalue weighted by Gasteiger charge is -2.12. The number of rotatable bonds is 6. The van der Waals surface area contributed by atoms with Gasteiger partial charge in [0.1, 0.15) is 0 Å². The third kappa shape index (κ3) is 5.40. The second-order valence-electron chi connectivity index (χ2n) is 3.69. The zero-order valence-corrected chi connectivity index (χ0v) is 11.5. The largest absolute Gasteiger partial charge is 0.398 e. The Bertz CT molecular complexity index is 460. The normalized spacial score (nSPS) is 11.9. The molecule has 0 saturated heterocycles. The average Bonchev–Trinajstić information content (AvgIpc) is 2.18. The molecule has 0 aliphatic heterocycles. The maximum atomic E-state index is 11.5. The van der Waals surface area contributed by atoms with Crippen LogP contribution in [0.2, 0.25) is 0 Å². The first-order chi connectivity index (χ1) is 7.91. The summed E-state index contributed by atoms with van der Waals surface area (Å²) in [5, 5.41) is 1.41. The van der Waals surface area contributed by atoms with Gasteiger partial charge in [-0.3, -0.25) is 0 Å². The van der Waals surface area contributed by atoms with E-state index in [-0.39, 0.29) is 5.75 Å². The standard InChI is InChI=1S/C10H17N3O2S2/c1-13(2)12-17(14,15)8-7-16-10-6-4-3-5-9(10)11/h3-6,12H,7-8,11H2,1-2H3. The van der Waals surface area contributed by atoms with Gasteiger partial charge in [0.05, 0.1) is 5.75 Å². The lowest BCUT2D eigenvalue weighted by Crippen LogP contribution is -2.38. The number of para-hydroxylation sites is 1. The van der Waals surface area contributed by atoms with Crippen molar-refractivity contribution in [3.8, 4) is 0 Å². The number of thioether (sulfide) groups is 1. The van der Waals surface area contributed by atoms with E-state index in [1.807, 2.05) is 18.2 Å². The van der Waals surface area contributed by atoms with Crippen molar-refractivity contribution in [3.05, 3.63) is 24.3 Å². The molecule has 5 nitrogen and oxygen atoms in total. The number of sulfonamides is 1. The van der Waals surface area contributed by atoms with Crippen molar-refractivity contribution in [3.63, 3.8) is 0 Å². The molecule has 0 radical (unpaired) electrons. The van der Waals surface area contributed by atoms with Crippen molar-refractivity contribution >= 4 is 27.5 Å². The fourth-order valence-electron chi connectivity index (χ4n) is 1.20. The van der Waals surface area contributed by atoms with Crippen LogP contribution in [0.3, 0.4) is 0 Å². The van der Waals surface area contributed by atoms with Gasteiger partial charge >= 0.3 is 0 Å². The van der Waals surface area contributed by atoms with E-state index in [4.69, 9.17) is 5.73 Å². The number of nitrogens with one attached hydrogen (secondary N) is 1. The molecule has 0 heterocycles. The van der Waals surface area contributed by atoms with Crippen LogP contribution >= 0.6 is 11.8 Å². The molecule has 0 bridgehead atoms. The first-order valence-corrected chi connectivity index (χ1v) is 7.69. The maximum Gasteiger partial charge on any atom is 0.225 e. The van der Waals surface area contributed by atoms with Gasteiger partial charge < -0.3 is 5.73 Å². The third-order valence-corrected chi connectivity index (χ3v) is 4.58. The topological polar surface area (TPSA) is 75.4 Å². The Kier molecular flexibility index (Phi) is 5.26. The van der Waals surface area contributed by atoms with E-state index in [1.54, 1.807) is 20.2 Å². The number of nitrogens with two attached hydrogens (primary N) is 1. The van der Waals surface area contributed by atoms with Crippen molar-refractivity contribution in [1.29, 1.82) is 0 Å². The van der Waals surface area contributed by atoms with Crippen LogP contribution in [0.25, 0.3) is 0 Å². The Morgan fingerprint density at radius 3 is 2.59 bits per heavy atom. The highest BCUT2D eigenvalue weighted by atomic mass is 32.2. The van der Waals surface area contributed by atoms with Gasteiger partial charge in [-0.15, -0.1) is 16.6 Å². The molecule has 0 saturated carbocycles. The smallest absolute Gasteiger partial charge is 0.225 e. The number of hydrogen-bond donors (Lipinski definition) is 2. The van der Waals surface area contributed by atoms with Crippen LogP contribution in [0, 0.1) is 0 Å². The SMILES string of the molecule is CN(C)NS(=O)(=O)CCSc1ccccc1N. The zero-order chi connectivity index (χ0) is 12.9. The molecule has 0 spiro atoms. The van der Waals surface area contributed by atoms with E-state index < -0.39 is 10.0 Å². The summed E-state index contributed by atoms with van der Waals surface area (Å²) in [7, 11) is 0.0280. The molecule has 0 atom stereocenters. The summed E-state index contributed by atoms with van der Waals surface area (Å²) in [6.45, 7) is 0. The Morgan fingerprint density at radius 2 is 2.00 bits per heavy atom. The molecule has 0 aliphatic rings. The van der Waals surface area contributed by atoms with Crippen LogP contribution in [0.4, 0.5) is 5.69 Å². The van der Waals surface area contributed by atoms with E-state index in [0.717, 1.165) is 4.90 Å². The predicted octanol–water partition coefficient (Wildman–Crippen LogP) is 0.757. The highest BCUT2D eigenvalue weighted by molar-refractivity contribution is 8.00. The van der Waals surface area contributed by atoms with Gasteiger partial charge in [0.25, 0.3) is 0 Å². The van der Waals surface area contributed by atoms with Crippen LogP contribution < -0.4 is 10.6 Å². The minimum Gasteiger partial charge on any atom is -0.398 e. The van der Waals surface area contributed by atoms with E-state index in [9.17, 15) is 8.42 Å². The Hall–Kier alpha value is -0.760. The summed E-state index contributed by atoms with van der Waals surface area (Å²) in [5.74, 6) is 0.529. The third-order valence-electron chi connectivity index (χ3n) is 1.85. The summed E-state index contributed by atoms with van der Waals surface area (Å²) in [6, 6.07) is 7.41. The van der Waals surface area contributed by atoms with E-state index >= 15 is 0 Å². The Labute approximate surface area is 106 Å². The highest BCUT2D eigenvalue weighted by Crippen LogP contribution is 2.24. The van der Waals surface area contributed by atoms with Gasteiger partial charge in [0, 0.05) is 30.4 Å². The van der Waals surface area contributed by atoms with E-state index in [0.29, 0.717) is 11.4 Å². The molecule has 7 heteroatoms. The fraction of sp³-hybridized carbons (Fsp3) is 0.400. The number of anilines is 1. The van der Waals surface area contributed by atoms with Gasteiger partial charge in [-0.1, -0.05) is 12.1 Å². The van der Waals surface area contributed by atoms with Crippen molar-refractivity contribution in [2.24, 2.45) is 0 Å². The first kappa shape index (κ1) is 14.3. The highest BCUT2D eigenvalue weighted by Gasteiger charge is 2.11. The second-order valence-corrected chi connectivity index (χ2v) is 6.65. The summed E-state index contributed by atoms with van der Waals surface area (Å²) in [5.41, 5.74) is 6.43.